The normalized spacial score (nSPS) is 15.2. The first-order valence-electron chi connectivity index (χ1n) is 42.3. The Bertz CT molecular complexity index is 4900. The molecule has 4 aromatic carbocycles. The topological polar surface area (TPSA) is 210 Å². The molecule has 627 valence electrons. The van der Waals surface area contributed by atoms with E-state index >= 15 is 14.4 Å². The van der Waals surface area contributed by atoms with Crippen molar-refractivity contribution in [1.82, 2.24) is 19.6 Å². The first-order chi connectivity index (χ1) is 55.7. The van der Waals surface area contributed by atoms with Gasteiger partial charge < -0.3 is 40.5 Å². The summed E-state index contributed by atoms with van der Waals surface area (Å²) in [7, 11) is 0. The summed E-state index contributed by atoms with van der Waals surface area (Å²) in [5.41, 5.74) is 22.6. The van der Waals surface area contributed by atoms with Gasteiger partial charge in [-0.1, -0.05) is 201 Å². The van der Waals surface area contributed by atoms with Crippen LogP contribution in [-0.2, 0) is 28.7 Å². The Kier molecular flexibility index (Phi) is 33.0. The van der Waals surface area contributed by atoms with E-state index in [9.17, 15) is 14.4 Å². The SMILES string of the molecule is C.CCCCCC(CC)CN1C(=O)C2=C(c3ccc(-c4ccc(N)cc4)s3)N(CC(CC)CCCC)C(=O)C2=C1c1ccc(-c2ccc(N)cc2)s1.CCCCCC(CC)CN1C(=O)C2=C(c3ccc(-c4ccc(NC(=O)OC(C)(C)C)cc4)s3)N(CC(CC)CCCC)C(=O)C2=C1c1ccc(-c2ccc(NC(=O)OC(C)(C)C)cc2)s1.[B]. The average molecular weight is 1670 g/mol. The minimum Gasteiger partial charge on any atom is -0.444 e. The number of anilines is 4. The highest BCUT2D eigenvalue weighted by Gasteiger charge is 2.52. The van der Waals surface area contributed by atoms with Crippen molar-refractivity contribution >= 4 is 135 Å². The molecule has 21 heteroatoms. The van der Waals surface area contributed by atoms with E-state index in [2.05, 4.69) is 102 Å². The zero-order valence-electron chi connectivity index (χ0n) is 71.1. The molecule has 6 N–H and O–H groups in total. The second-order valence-corrected chi connectivity index (χ2v) is 37.6. The van der Waals surface area contributed by atoms with Crippen molar-refractivity contribution in [3.8, 4) is 41.8 Å². The lowest BCUT2D eigenvalue weighted by Gasteiger charge is -2.29. The summed E-state index contributed by atoms with van der Waals surface area (Å²) >= 11 is 6.42. The number of carbonyl (C=O) groups is 6. The molecule has 0 fully saturated rings. The van der Waals surface area contributed by atoms with Gasteiger partial charge in [-0.15, -0.1) is 45.3 Å². The van der Waals surface area contributed by atoms with Crippen LogP contribution in [0.2, 0.25) is 0 Å². The van der Waals surface area contributed by atoms with Gasteiger partial charge in [0.1, 0.15) is 11.2 Å². The number of carbonyl (C=O) groups excluding carboxylic acids is 6. The van der Waals surface area contributed by atoms with E-state index in [4.69, 9.17) is 20.9 Å². The summed E-state index contributed by atoms with van der Waals surface area (Å²) < 4.78 is 10.9. The van der Waals surface area contributed by atoms with Gasteiger partial charge in [-0.25, -0.2) is 9.59 Å². The lowest BCUT2D eigenvalue weighted by atomic mass is 9.97. The molecule has 6 amide bonds. The highest BCUT2D eigenvalue weighted by Crippen LogP contribution is 2.54. The van der Waals surface area contributed by atoms with Crippen molar-refractivity contribution in [2.45, 2.75) is 231 Å². The molecule has 0 spiro atoms. The zero-order chi connectivity index (χ0) is 83.1. The minimum absolute atomic E-state index is 0. The largest absolute Gasteiger partial charge is 0.444 e. The van der Waals surface area contributed by atoms with Crippen molar-refractivity contribution in [2.24, 2.45) is 23.7 Å². The first-order valence-corrected chi connectivity index (χ1v) is 45.6. The van der Waals surface area contributed by atoms with Crippen LogP contribution in [0.4, 0.5) is 32.3 Å². The monoisotopic (exact) mass is 1670 g/mol. The van der Waals surface area contributed by atoms with Crippen LogP contribution in [0, 0.1) is 23.7 Å². The molecule has 16 nitrogen and oxygen atoms in total. The summed E-state index contributed by atoms with van der Waals surface area (Å²) in [6.07, 6.45) is 18.1. The van der Waals surface area contributed by atoms with Gasteiger partial charge in [0.15, 0.2) is 0 Å². The smallest absolute Gasteiger partial charge is 0.412 e. The van der Waals surface area contributed by atoms with Crippen molar-refractivity contribution in [2.75, 3.05) is 48.3 Å². The van der Waals surface area contributed by atoms with Crippen LogP contribution in [0.25, 0.3) is 64.6 Å². The lowest BCUT2D eigenvalue weighted by molar-refractivity contribution is -0.124. The Balaban J connectivity index is 0.000000272. The Hall–Kier alpha value is -9.28. The molecule has 3 radical (unpaired) electrons. The number of amides is 6. The Morgan fingerprint density at radius 1 is 0.339 bits per heavy atom. The van der Waals surface area contributed by atoms with Crippen molar-refractivity contribution in [1.29, 1.82) is 0 Å². The first kappa shape index (κ1) is 92.6. The maximum atomic E-state index is 15.3. The number of benzene rings is 4. The molecule has 0 bridgehead atoms. The van der Waals surface area contributed by atoms with Crippen LogP contribution in [0.1, 0.15) is 239 Å². The number of nitrogens with one attached hydrogen (secondary N) is 2. The average Bonchev–Trinajstić information content (AvgIpc) is 1.56. The van der Waals surface area contributed by atoms with E-state index in [-0.39, 0.29) is 51.3 Å². The second kappa shape index (κ2) is 42.1. The Labute approximate surface area is 720 Å². The van der Waals surface area contributed by atoms with E-state index < -0.39 is 23.4 Å². The summed E-state index contributed by atoms with van der Waals surface area (Å²) in [6.45, 7) is 30.9. The number of unbranched alkanes of at least 4 members (excludes halogenated alkanes) is 6. The molecule has 0 saturated heterocycles. The molecule has 12 rings (SSSR count). The van der Waals surface area contributed by atoms with E-state index in [0.717, 1.165) is 193 Å². The lowest BCUT2D eigenvalue weighted by Crippen LogP contribution is -2.34. The van der Waals surface area contributed by atoms with E-state index in [1.807, 2.05) is 170 Å². The Morgan fingerprint density at radius 2 is 0.559 bits per heavy atom. The fraction of sp³-hybridized carbons (Fsp3) is 0.443. The van der Waals surface area contributed by atoms with Gasteiger partial charge in [0.05, 0.1) is 64.6 Å². The minimum atomic E-state index is -0.611. The summed E-state index contributed by atoms with van der Waals surface area (Å²) in [4.78, 5) is 101. The number of nitrogen functional groups attached to an aromatic ring is 2. The fourth-order valence-corrected chi connectivity index (χ4v) is 19.9. The van der Waals surface area contributed by atoms with Crippen LogP contribution in [0.15, 0.2) is 168 Å². The summed E-state index contributed by atoms with van der Waals surface area (Å²) in [5.74, 6) is 0.912. The number of fused-ring (bicyclic) bond motifs is 2. The van der Waals surface area contributed by atoms with Crippen LogP contribution in [-0.4, -0.2) is 101 Å². The standard InChI is InChI=1S/C53H68N4O6S2.C43H52N4O2S2.CH4.B/c1-11-15-17-19-35(14-4)33-57-47(43-31-29-41(65-43)37-22-26-39(27-23-37)55-51(61)63-53(8,9)10)45-44(49(57)59)46(56(48(45)58)32-34(13-3)18-16-12-2)42-30-28-40(64-42)36-20-24-38(25-21-36)54-50(60)62-52(5,6)7;1-5-9-11-13-29(8-4)27-47-41(37-25-23-35(51-37)31-16-20-33(45)21-17-31)39-38(43(47)49)40(46(42(39)48)26-28(7-3)12-10-6-2)36-24-22-34(50-36)30-14-18-32(44)19-15-30;;/h20-31,34-35H,11-19,32-33H2,1-10H3,(H,54,60)(H,55,61);14-25,28-29H,5-13,26-27,44-45H2,1-4H3;1H4;. The predicted molar refractivity (Wildman–Crippen MR) is 497 cm³/mol. The molecule has 0 aliphatic carbocycles. The molecule has 4 aliphatic rings. The van der Waals surface area contributed by atoms with Crippen molar-refractivity contribution < 1.29 is 38.2 Å². The third kappa shape index (κ3) is 22.4. The Morgan fingerprint density at radius 3 is 0.780 bits per heavy atom. The quantitative estimate of drug-likeness (QED) is 0.0166. The van der Waals surface area contributed by atoms with Crippen LogP contribution >= 0.6 is 45.3 Å². The number of hydrogen-bond donors (Lipinski definition) is 4. The molecule has 0 saturated carbocycles. The number of ether oxygens (including phenoxy) is 2. The molecule has 118 heavy (non-hydrogen) atoms. The second-order valence-electron chi connectivity index (χ2n) is 33.2. The molecule has 4 aromatic heterocycles. The van der Waals surface area contributed by atoms with E-state index in [0.29, 0.717) is 83.1 Å². The van der Waals surface area contributed by atoms with Gasteiger partial charge in [0.25, 0.3) is 23.6 Å². The van der Waals surface area contributed by atoms with Crippen LogP contribution in [0.3, 0.4) is 0 Å². The molecular formula is C97H124BN8O8S4. The molecule has 4 atom stereocenters. The third-order valence-corrected chi connectivity index (χ3v) is 26.7. The summed E-state index contributed by atoms with van der Waals surface area (Å²) in [5, 5.41) is 5.62. The van der Waals surface area contributed by atoms with E-state index in [1.54, 1.807) is 45.3 Å². The van der Waals surface area contributed by atoms with Gasteiger partial charge in [-0.05, 0) is 210 Å². The number of nitrogens with zero attached hydrogens (tertiary/aromatic N) is 4. The maximum absolute atomic E-state index is 15.3. The number of hydrogen-bond acceptors (Lipinski definition) is 14. The van der Waals surface area contributed by atoms with Crippen LogP contribution in [0.5, 0.6) is 0 Å². The van der Waals surface area contributed by atoms with Gasteiger partial charge >= 0.3 is 12.2 Å². The molecule has 4 unspecified atom stereocenters. The molecule has 4 aliphatic heterocycles. The van der Waals surface area contributed by atoms with E-state index in [1.165, 1.54) is 6.42 Å². The molecule has 8 heterocycles. The predicted octanol–water partition coefficient (Wildman–Crippen LogP) is 25.7. The highest BCUT2D eigenvalue weighted by atomic mass is 32.1. The van der Waals surface area contributed by atoms with Gasteiger partial charge in [-0.2, -0.15) is 0 Å². The number of thiophene rings is 4. The number of nitrogens with two attached hydrogens (primary N) is 2. The highest BCUT2D eigenvalue weighted by molar-refractivity contribution is 7.18. The van der Waals surface area contributed by atoms with Crippen molar-refractivity contribution in [3.63, 3.8) is 0 Å². The number of rotatable bonds is 36. The van der Waals surface area contributed by atoms with Crippen LogP contribution < -0.4 is 22.1 Å². The fourth-order valence-electron chi connectivity index (χ4n) is 15.7. The van der Waals surface area contributed by atoms with Crippen molar-refractivity contribution in [3.05, 3.63) is 187 Å². The zero-order valence-corrected chi connectivity index (χ0v) is 74.4. The third-order valence-electron chi connectivity index (χ3n) is 22.2. The van der Waals surface area contributed by atoms with Gasteiger partial charge in [-0.3, -0.25) is 29.8 Å². The summed E-state index contributed by atoms with van der Waals surface area (Å²) in [6, 6.07) is 47.7. The van der Waals surface area contributed by atoms with Gasteiger partial charge in [0.2, 0.25) is 0 Å². The van der Waals surface area contributed by atoms with Gasteiger partial charge in [0, 0.05) is 76.9 Å². The maximum Gasteiger partial charge on any atom is 0.412 e. The molecular weight excluding hydrogens is 1540 g/mol. The molecule has 8 aromatic rings.